The number of hydrogen-bond acceptors (Lipinski definition) is 6. The summed E-state index contributed by atoms with van der Waals surface area (Å²) in [6.07, 6.45) is 3.24. The van der Waals surface area contributed by atoms with Gasteiger partial charge in [-0.1, -0.05) is 6.07 Å². The van der Waals surface area contributed by atoms with Crippen LogP contribution in [0.25, 0.3) is 0 Å². The largest absolute Gasteiger partial charge is 0.457 e. The van der Waals surface area contributed by atoms with E-state index in [-0.39, 0.29) is 17.0 Å². The number of sulfonamides is 1. The third-order valence-corrected chi connectivity index (χ3v) is 6.12. The number of anilines is 1. The first-order valence-electron chi connectivity index (χ1n) is 9.54. The number of aromatic nitrogens is 1. The van der Waals surface area contributed by atoms with Gasteiger partial charge in [-0.25, -0.2) is 12.7 Å². The molecule has 0 spiro atoms. The molecule has 0 atom stereocenters. The zero-order valence-corrected chi connectivity index (χ0v) is 18.3. The number of amides is 2. The Hall–Kier alpha value is -3.76. The number of rotatable bonds is 8. The molecule has 10 heteroatoms. The van der Waals surface area contributed by atoms with E-state index < -0.39 is 21.8 Å². The smallest absolute Gasteiger partial charge is 0.251 e. The van der Waals surface area contributed by atoms with Gasteiger partial charge in [0.1, 0.15) is 11.5 Å². The Labute approximate surface area is 186 Å². The second kappa shape index (κ2) is 10.0. The molecule has 2 aromatic carbocycles. The number of nitrogens with one attached hydrogen (secondary N) is 2. The van der Waals surface area contributed by atoms with Crippen molar-refractivity contribution in [3.05, 3.63) is 78.6 Å². The molecule has 9 nitrogen and oxygen atoms in total. The lowest BCUT2D eigenvalue weighted by Crippen LogP contribution is -2.33. The van der Waals surface area contributed by atoms with Crippen molar-refractivity contribution in [3.8, 4) is 11.5 Å². The predicted octanol–water partition coefficient (Wildman–Crippen LogP) is 2.49. The first kappa shape index (κ1) is 22.9. The Morgan fingerprint density at radius 2 is 1.62 bits per heavy atom. The summed E-state index contributed by atoms with van der Waals surface area (Å²) >= 11 is 0. The number of benzene rings is 2. The fourth-order valence-corrected chi connectivity index (χ4v) is 3.57. The molecule has 3 aromatic rings. The van der Waals surface area contributed by atoms with Crippen molar-refractivity contribution in [3.63, 3.8) is 0 Å². The number of pyridine rings is 1. The Morgan fingerprint density at radius 3 is 2.28 bits per heavy atom. The topological polar surface area (TPSA) is 118 Å². The standard InChI is InChI=1S/C22H22N4O5S/c1-26(2)32(29,30)20-5-3-4-16(14-20)22(28)24-15-21(27)25-17-6-8-18(9-7-17)31-19-10-12-23-13-11-19/h3-14H,15H2,1-2H3,(H,24,28)(H,25,27). The predicted molar refractivity (Wildman–Crippen MR) is 119 cm³/mol. The maximum Gasteiger partial charge on any atom is 0.251 e. The maximum absolute atomic E-state index is 12.3. The Morgan fingerprint density at radius 1 is 0.969 bits per heavy atom. The number of nitrogens with zero attached hydrogens (tertiary/aromatic N) is 2. The quantitative estimate of drug-likeness (QED) is 0.540. The zero-order chi connectivity index (χ0) is 23.1. The molecular weight excluding hydrogens is 432 g/mol. The summed E-state index contributed by atoms with van der Waals surface area (Å²) in [5.41, 5.74) is 0.670. The van der Waals surface area contributed by atoms with E-state index in [9.17, 15) is 18.0 Å². The van der Waals surface area contributed by atoms with Crippen LogP contribution >= 0.6 is 0 Å². The van der Waals surface area contributed by atoms with Crippen LogP contribution in [-0.2, 0) is 14.8 Å². The average Bonchev–Trinajstić information content (AvgIpc) is 2.79. The molecular formula is C22H22N4O5S. The van der Waals surface area contributed by atoms with Gasteiger partial charge in [0.2, 0.25) is 15.9 Å². The lowest BCUT2D eigenvalue weighted by atomic mass is 10.2. The van der Waals surface area contributed by atoms with Crippen LogP contribution in [0.15, 0.2) is 78.0 Å². The molecule has 0 aliphatic rings. The van der Waals surface area contributed by atoms with Crippen molar-refractivity contribution in [2.75, 3.05) is 26.0 Å². The highest BCUT2D eigenvalue weighted by molar-refractivity contribution is 7.89. The minimum atomic E-state index is -3.67. The van der Waals surface area contributed by atoms with Crippen LogP contribution in [0.4, 0.5) is 5.69 Å². The van der Waals surface area contributed by atoms with Crippen LogP contribution in [0.1, 0.15) is 10.4 Å². The highest BCUT2D eigenvalue weighted by Crippen LogP contribution is 2.22. The molecule has 0 saturated carbocycles. The van der Waals surface area contributed by atoms with E-state index in [0.29, 0.717) is 17.2 Å². The highest BCUT2D eigenvalue weighted by atomic mass is 32.2. The van der Waals surface area contributed by atoms with E-state index in [1.54, 1.807) is 48.8 Å². The second-order valence-electron chi connectivity index (χ2n) is 6.86. The molecule has 2 amide bonds. The fraction of sp³-hybridized carbons (Fsp3) is 0.136. The highest BCUT2D eigenvalue weighted by Gasteiger charge is 2.19. The van der Waals surface area contributed by atoms with Gasteiger partial charge in [0, 0.05) is 37.7 Å². The summed E-state index contributed by atoms with van der Waals surface area (Å²) in [4.78, 5) is 28.4. The van der Waals surface area contributed by atoms with Gasteiger partial charge in [0.15, 0.2) is 0 Å². The van der Waals surface area contributed by atoms with Gasteiger partial charge in [0.05, 0.1) is 11.4 Å². The minimum Gasteiger partial charge on any atom is -0.457 e. The SMILES string of the molecule is CN(C)S(=O)(=O)c1cccc(C(=O)NCC(=O)Nc2ccc(Oc3ccncc3)cc2)c1. The summed E-state index contributed by atoms with van der Waals surface area (Å²) in [6.45, 7) is -0.279. The van der Waals surface area contributed by atoms with E-state index in [1.165, 1.54) is 38.4 Å². The maximum atomic E-state index is 12.3. The monoisotopic (exact) mass is 454 g/mol. The summed E-state index contributed by atoms with van der Waals surface area (Å²) in [5.74, 6) is 0.243. The molecule has 166 valence electrons. The molecule has 1 heterocycles. The number of hydrogen-bond donors (Lipinski definition) is 2. The Balaban J connectivity index is 1.54. The van der Waals surface area contributed by atoms with Crippen molar-refractivity contribution in [2.24, 2.45) is 0 Å². The third kappa shape index (κ3) is 5.90. The second-order valence-corrected chi connectivity index (χ2v) is 9.01. The lowest BCUT2D eigenvalue weighted by molar-refractivity contribution is -0.115. The van der Waals surface area contributed by atoms with Gasteiger partial charge in [0.25, 0.3) is 5.91 Å². The molecule has 0 unspecified atom stereocenters. The Kier molecular flexibility index (Phi) is 7.18. The van der Waals surface area contributed by atoms with Gasteiger partial charge in [-0.15, -0.1) is 0 Å². The van der Waals surface area contributed by atoms with Crippen molar-refractivity contribution >= 4 is 27.5 Å². The molecule has 3 rings (SSSR count). The number of carbonyl (C=O) groups is 2. The summed E-state index contributed by atoms with van der Waals surface area (Å²) < 4.78 is 31.2. The summed E-state index contributed by atoms with van der Waals surface area (Å²) in [7, 11) is -0.854. The van der Waals surface area contributed by atoms with E-state index in [2.05, 4.69) is 15.6 Å². The normalized spacial score (nSPS) is 11.1. The number of carbonyl (C=O) groups excluding carboxylic acids is 2. The molecule has 0 saturated heterocycles. The molecule has 0 aliphatic heterocycles. The van der Waals surface area contributed by atoms with Gasteiger partial charge in [-0.05, 0) is 54.6 Å². The molecule has 2 N–H and O–H groups in total. The molecule has 0 fully saturated rings. The van der Waals surface area contributed by atoms with Gasteiger partial charge in [-0.3, -0.25) is 14.6 Å². The minimum absolute atomic E-state index is 0.00586. The molecule has 0 bridgehead atoms. The van der Waals surface area contributed by atoms with E-state index in [1.807, 2.05) is 0 Å². The molecule has 0 radical (unpaired) electrons. The first-order valence-corrected chi connectivity index (χ1v) is 11.0. The lowest BCUT2D eigenvalue weighted by Gasteiger charge is -2.12. The van der Waals surface area contributed by atoms with Crippen LogP contribution in [0, 0.1) is 0 Å². The van der Waals surface area contributed by atoms with Crippen molar-refractivity contribution in [1.82, 2.24) is 14.6 Å². The molecule has 32 heavy (non-hydrogen) atoms. The summed E-state index contributed by atoms with van der Waals surface area (Å²) in [6, 6.07) is 15.8. The van der Waals surface area contributed by atoms with Gasteiger partial charge >= 0.3 is 0 Å². The first-order chi connectivity index (χ1) is 15.3. The van der Waals surface area contributed by atoms with Crippen LogP contribution in [0.3, 0.4) is 0 Å². The van der Waals surface area contributed by atoms with Crippen molar-refractivity contribution in [2.45, 2.75) is 4.90 Å². The Bertz CT molecular complexity index is 1200. The third-order valence-electron chi connectivity index (χ3n) is 4.31. The summed E-state index contributed by atoms with van der Waals surface area (Å²) in [5, 5.41) is 5.15. The van der Waals surface area contributed by atoms with E-state index in [4.69, 9.17) is 4.74 Å². The van der Waals surface area contributed by atoms with Crippen molar-refractivity contribution in [1.29, 1.82) is 0 Å². The fourth-order valence-electron chi connectivity index (χ4n) is 2.63. The zero-order valence-electron chi connectivity index (χ0n) is 17.5. The van der Waals surface area contributed by atoms with E-state index in [0.717, 1.165) is 4.31 Å². The van der Waals surface area contributed by atoms with Crippen LogP contribution < -0.4 is 15.4 Å². The molecule has 0 aliphatic carbocycles. The van der Waals surface area contributed by atoms with Gasteiger partial charge in [-0.2, -0.15) is 0 Å². The van der Waals surface area contributed by atoms with Crippen molar-refractivity contribution < 1.29 is 22.7 Å². The van der Waals surface area contributed by atoms with Gasteiger partial charge < -0.3 is 15.4 Å². The number of ether oxygens (including phenoxy) is 1. The molecule has 1 aromatic heterocycles. The average molecular weight is 455 g/mol. The van der Waals surface area contributed by atoms with Crippen LogP contribution in [0.5, 0.6) is 11.5 Å². The van der Waals surface area contributed by atoms with Crippen LogP contribution in [-0.4, -0.2) is 50.2 Å². The van der Waals surface area contributed by atoms with E-state index >= 15 is 0 Å². The van der Waals surface area contributed by atoms with Crippen LogP contribution in [0.2, 0.25) is 0 Å².